The quantitative estimate of drug-likeness (QED) is 0.710. The van der Waals surface area contributed by atoms with Crippen LogP contribution in [-0.4, -0.2) is 17.5 Å². The van der Waals surface area contributed by atoms with Crippen molar-refractivity contribution in [2.45, 2.75) is 25.9 Å². The van der Waals surface area contributed by atoms with Crippen LogP contribution in [0.25, 0.3) is 0 Å². The van der Waals surface area contributed by atoms with E-state index in [1.807, 2.05) is 31.9 Å². The van der Waals surface area contributed by atoms with Gasteiger partial charge in [0.2, 0.25) is 0 Å². The zero-order valence-electron chi connectivity index (χ0n) is 8.24. The van der Waals surface area contributed by atoms with Gasteiger partial charge in [0.1, 0.15) is 5.54 Å². The summed E-state index contributed by atoms with van der Waals surface area (Å²) in [4.78, 5) is 1.98. The smallest absolute Gasteiger partial charge is 0.103 e. The van der Waals surface area contributed by atoms with Crippen molar-refractivity contribution in [1.29, 1.82) is 5.26 Å². The van der Waals surface area contributed by atoms with Gasteiger partial charge in [0.05, 0.1) is 18.6 Å². The second-order valence-corrected chi connectivity index (χ2v) is 3.66. The molecule has 13 heavy (non-hydrogen) atoms. The summed E-state index contributed by atoms with van der Waals surface area (Å²) in [6.45, 7) is 4.53. The topological polar surface area (TPSA) is 40.2 Å². The molecule has 0 unspecified atom stereocenters. The average Bonchev–Trinajstić information content (AvgIpc) is 2.57. The van der Waals surface area contributed by atoms with Gasteiger partial charge in [-0.05, 0) is 27.0 Å². The van der Waals surface area contributed by atoms with Gasteiger partial charge in [-0.3, -0.25) is 4.90 Å². The van der Waals surface area contributed by atoms with Crippen molar-refractivity contribution >= 4 is 0 Å². The van der Waals surface area contributed by atoms with Crippen LogP contribution in [-0.2, 0) is 6.54 Å². The van der Waals surface area contributed by atoms with Crippen molar-refractivity contribution in [2.75, 3.05) is 7.05 Å². The van der Waals surface area contributed by atoms with Crippen molar-refractivity contribution in [3.05, 3.63) is 24.2 Å². The molecule has 1 rings (SSSR count). The number of hydrogen-bond acceptors (Lipinski definition) is 3. The summed E-state index contributed by atoms with van der Waals surface area (Å²) >= 11 is 0. The van der Waals surface area contributed by atoms with Crippen molar-refractivity contribution in [2.24, 2.45) is 0 Å². The number of furan rings is 1. The number of nitrogens with zero attached hydrogens (tertiary/aromatic N) is 2. The molecular formula is C10H14N2O. The Morgan fingerprint density at radius 1 is 1.62 bits per heavy atom. The lowest BCUT2D eigenvalue weighted by Crippen LogP contribution is -2.38. The normalized spacial score (nSPS) is 11.6. The molecule has 0 aliphatic carbocycles. The van der Waals surface area contributed by atoms with Crippen LogP contribution in [0.2, 0.25) is 0 Å². The molecule has 0 atom stereocenters. The zero-order chi connectivity index (χ0) is 9.90. The van der Waals surface area contributed by atoms with Gasteiger partial charge >= 0.3 is 0 Å². The SMILES string of the molecule is CN(Cc1ccoc1)C(C)(C)C#N. The molecule has 0 saturated carbocycles. The van der Waals surface area contributed by atoms with Crippen LogP contribution in [0.4, 0.5) is 0 Å². The first-order valence-electron chi connectivity index (χ1n) is 4.20. The van der Waals surface area contributed by atoms with Crippen LogP contribution in [0, 0.1) is 11.3 Å². The fraction of sp³-hybridized carbons (Fsp3) is 0.500. The number of rotatable bonds is 3. The third-order valence-electron chi connectivity index (χ3n) is 2.23. The van der Waals surface area contributed by atoms with E-state index < -0.39 is 5.54 Å². The van der Waals surface area contributed by atoms with Gasteiger partial charge in [-0.1, -0.05) is 0 Å². The predicted octanol–water partition coefficient (Wildman–Crippen LogP) is 2.01. The van der Waals surface area contributed by atoms with E-state index in [0.29, 0.717) is 0 Å². The fourth-order valence-electron chi connectivity index (χ4n) is 0.939. The highest BCUT2D eigenvalue weighted by Gasteiger charge is 2.22. The van der Waals surface area contributed by atoms with Gasteiger partial charge < -0.3 is 4.42 Å². The third kappa shape index (κ3) is 2.33. The van der Waals surface area contributed by atoms with Gasteiger partial charge in [-0.2, -0.15) is 5.26 Å². The molecule has 0 saturated heterocycles. The summed E-state index contributed by atoms with van der Waals surface area (Å²) in [5, 5.41) is 8.88. The summed E-state index contributed by atoms with van der Waals surface area (Å²) < 4.78 is 4.95. The molecule has 1 aromatic heterocycles. The minimum Gasteiger partial charge on any atom is -0.472 e. The molecule has 0 aromatic carbocycles. The first-order valence-corrected chi connectivity index (χ1v) is 4.20. The number of nitriles is 1. The molecule has 0 aliphatic rings. The Bertz CT molecular complexity index is 295. The van der Waals surface area contributed by atoms with Crippen molar-refractivity contribution < 1.29 is 4.42 Å². The van der Waals surface area contributed by atoms with E-state index in [2.05, 4.69) is 6.07 Å². The lowest BCUT2D eigenvalue weighted by molar-refractivity contribution is 0.202. The predicted molar refractivity (Wildman–Crippen MR) is 49.9 cm³/mol. The Balaban J connectivity index is 2.62. The number of hydrogen-bond donors (Lipinski definition) is 0. The highest BCUT2D eigenvalue weighted by atomic mass is 16.3. The van der Waals surface area contributed by atoms with Gasteiger partial charge in [0, 0.05) is 12.1 Å². The highest BCUT2D eigenvalue weighted by molar-refractivity contribution is 5.08. The van der Waals surface area contributed by atoms with Gasteiger partial charge in [-0.25, -0.2) is 0 Å². The lowest BCUT2D eigenvalue weighted by atomic mass is 10.1. The van der Waals surface area contributed by atoms with Crippen molar-refractivity contribution in [3.8, 4) is 6.07 Å². The van der Waals surface area contributed by atoms with Crippen LogP contribution >= 0.6 is 0 Å². The van der Waals surface area contributed by atoms with E-state index >= 15 is 0 Å². The molecule has 70 valence electrons. The third-order valence-corrected chi connectivity index (χ3v) is 2.23. The van der Waals surface area contributed by atoms with Crippen LogP contribution in [0.1, 0.15) is 19.4 Å². The maximum Gasteiger partial charge on any atom is 0.103 e. The van der Waals surface area contributed by atoms with E-state index in [9.17, 15) is 0 Å². The average molecular weight is 178 g/mol. The largest absolute Gasteiger partial charge is 0.472 e. The summed E-state index contributed by atoms with van der Waals surface area (Å²) in [6, 6.07) is 4.16. The summed E-state index contributed by atoms with van der Waals surface area (Å²) in [6.07, 6.45) is 3.34. The van der Waals surface area contributed by atoms with Crippen LogP contribution < -0.4 is 0 Å². The second kappa shape index (κ2) is 3.63. The molecule has 0 radical (unpaired) electrons. The molecule has 1 heterocycles. The molecule has 0 aliphatic heterocycles. The fourth-order valence-corrected chi connectivity index (χ4v) is 0.939. The van der Waals surface area contributed by atoms with Crippen molar-refractivity contribution in [3.63, 3.8) is 0 Å². The van der Waals surface area contributed by atoms with Gasteiger partial charge in [0.15, 0.2) is 0 Å². The molecule has 0 N–H and O–H groups in total. The van der Waals surface area contributed by atoms with Crippen LogP contribution in [0.5, 0.6) is 0 Å². The van der Waals surface area contributed by atoms with E-state index in [1.165, 1.54) is 0 Å². The standard InChI is InChI=1S/C10H14N2O/c1-10(2,8-11)12(3)6-9-4-5-13-7-9/h4-5,7H,6H2,1-3H3. The molecule has 0 amide bonds. The van der Waals surface area contributed by atoms with Crippen LogP contribution in [0.3, 0.4) is 0 Å². The monoisotopic (exact) mass is 178 g/mol. The van der Waals surface area contributed by atoms with Gasteiger partial charge in [0.25, 0.3) is 0 Å². The minimum absolute atomic E-state index is 0.433. The second-order valence-electron chi connectivity index (χ2n) is 3.66. The van der Waals surface area contributed by atoms with E-state index in [0.717, 1.165) is 12.1 Å². The van der Waals surface area contributed by atoms with Gasteiger partial charge in [-0.15, -0.1) is 0 Å². The zero-order valence-corrected chi connectivity index (χ0v) is 8.24. The molecule has 3 nitrogen and oxygen atoms in total. The first kappa shape index (κ1) is 9.82. The first-order chi connectivity index (χ1) is 6.06. The Kier molecular flexibility index (Phi) is 2.74. The van der Waals surface area contributed by atoms with E-state index in [1.54, 1.807) is 12.5 Å². The maximum atomic E-state index is 8.88. The molecule has 0 fully saturated rings. The molecule has 1 aromatic rings. The Morgan fingerprint density at radius 3 is 2.77 bits per heavy atom. The summed E-state index contributed by atoms with van der Waals surface area (Å²) in [7, 11) is 1.93. The molecule has 0 spiro atoms. The molecule has 3 heteroatoms. The molecular weight excluding hydrogens is 164 g/mol. The molecule has 0 bridgehead atoms. The summed E-state index contributed by atoms with van der Waals surface area (Å²) in [5.74, 6) is 0. The van der Waals surface area contributed by atoms with Crippen molar-refractivity contribution in [1.82, 2.24) is 4.90 Å². The van der Waals surface area contributed by atoms with Crippen LogP contribution in [0.15, 0.2) is 23.0 Å². The minimum atomic E-state index is -0.433. The van der Waals surface area contributed by atoms with E-state index in [4.69, 9.17) is 9.68 Å². The highest BCUT2D eigenvalue weighted by Crippen LogP contribution is 2.14. The van der Waals surface area contributed by atoms with E-state index in [-0.39, 0.29) is 0 Å². The Labute approximate surface area is 78.6 Å². The Hall–Kier alpha value is -1.27. The Morgan fingerprint density at radius 2 is 2.31 bits per heavy atom. The lowest BCUT2D eigenvalue weighted by Gasteiger charge is -2.28. The maximum absolute atomic E-state index is 8.88. The summed E-state index contributed by atoms with van der Waals surface area (Å²) in [5.41, 5.74) is 0.655.